The van der Waals surface area contributed by atoms with Crippen molar-refractivity contribution in [2.24, 2.45) is 0 Å². The number of carbonyl (C=O) groups excluding carboxylic acids is 3. The third kappa shape index (κ3) is 4.40. The van der Waals surface area contributed by atoms with Crippen LogP contribution in [-0.2, 0) is 27.8 Å². The van der Waals surface area contributed by atoms with E-state index in [1.165, 1.54) is 13.0 Å². The van der Waals surface area contributed by atoms with Crippen LogP contribution in [0.25, 0.3) is 0 Å². The molecule has 1 saturated heterocycles. The van der Waals surface area contributed by atoms with E-state index in [2.05, 4.69) is 20.6 Å². The molecule has 1 unspecified atom stereocenters. The average Bonchev–Trinajstić information content (AvgIpc) is 3.57. The number of halogens is 6. The van der Waals surface area contributed by atoms with Gasteiger partial charge in [0.2, 0.25) is 11.8 Å². The molecule has 2 aromatic heterocycles. The molecular weight excluding hydrogens is 568 g/mol. The Labute approximate surface area is 234 Å². The molecule has 3 aliphatic rings. The summed E-state index contributed by atoms with van der Waals surface area (Å²) in [6.45, 7) is -0.542. The monoisotopic (exact) mass is 591 g/mol. The summed E-state index contributed by atoms with van der Waals surface area (Å²) in [6.07, 6.45) is -3.27. The van der Waals surface area contributed by atoms with E-state index in [0.29, 0.717) is 34.1 Å². The molecule has 220 valence electrons. The van der Waals surface area contributed by atoms with Crippen molar-refractivity contribution < 1.29 is 40.7 Å². The summed E-state index contributed by atoms with van der Waals surface area (Å²) in [5.41, 5.74) is 0.273. The number of piperidine rings is 1. The molecule has 42 heavy (non-hydrogen) atoms. The van der Waals surface area contributed by atoms with Gasteiger partial charge in [-0.3, -0.25) is 14.4 Å². The number of aromatic nitrogens is 2. The first-order valence-electron chi connectivity index (χ1n) is 13.1. The predicted molar refractivity (Wildman–Crippen MR) is 135 cm³/mol. The van der Waals surface area contributed by atoms with Crippen LogP contribution in [-0.4, -0.2) is 57.4 Å². The van der Waals surface area contributed by atoms with Crippen LogP contribution >= 0.6 is 0 Å². The number of benzene rings is 1. The number of hydrogen-bond acceptors (Lipinski definition) is 4. The first kappa shape index (κ1) is 27.8. The van der Waals surface area contributed by atoms with E-state index >= 15 is 0 Å². The number of rotatable bonds is 4. The van der Waals surface area contributed by atoms with Crippen molar-refractivity contribution in [1.29, 1.82) is 0 Å². The van der Waals surface area contributed by atoms with Crippen LogP contribution in [0, 0.1) is 17.5 Å². The molecule has 8 nitrogen and oxygen atoms in total. The molecule has 1 fully saturated rings. The highest BCUT2D eigenvalue weighted by Gasteiger charge is 2.52. The second-order valence-corrected chi connectivity index (χ2v) is 10.9. The topological polar surface area (TPSA) is 107 Å². The molecule has 14 heteroatoms. The van der Waals surface area contributed by atoms with Gasteiger partial charge in [0.15, 0.2) is 11.6 Å². The summed E-state index contributed by atoms with van der Waals surface area (Å²) in [6, 6.07) is 3.26. The molecule has 0 bridgehead atoms. The Morgan fingerprint density at radius 3 is 2.60 bits per heavy atom. The summed E-state index contributed by atoms with van der Waals surface area (Å²) in [5.74, 6) is -7.25. The number of nitrogens with one attached hydrogen (secondary N) is 3. The van der Waals surface area contributed by atoms with Gasteiger partial charge in [-0.05, 0) is 49.6 Å². The van der Waals surface area contributed by atoms with Crippen molar-refractivity contribution >= 4 is 23.5 Å². The van der Waals surface area contributed by atoms with Crippen LogP contribution in [0.1, 0.15) is 52.1 Å². The summed E-state index contributed by atoms with van der Waals surface area (Å²) in [7, 11) is 0. The molecule has 0 radical (unpaired) electrons. The fourth-order valence-corrected chi connectivity index (χ4v) is 6.44. The lowest BCUT2D eigenvalue weighted by atomic mass is 9.79. The lowest BCUT2D eigenvalue weighted by Crippen LogP contribution is -2.60. The number of pyridine rings is 1. The number of fused-ring (bicyclic) bond motifs is 3. The normalized spacial score (nSPS) is 25.0. The number of aromatic amines is 1. The number of nitrogens with zero attached hydrogens (tertiary/aromatic N) is 2. The Morgan fingerprint density at radius 1 is 1.14 bits per heavy atom. The number of hydrogen-bond donors (Lipinski definition) is 3. The van der Waals surface area contributed by atoms with Gasteiger partial charge in [0.1, 0.15) is 29.9 Å². The molecule has 0 saturated carbocycles. The van der Waals surface area contributed by atoms with Crippen LogP contribution < -0.4 is 10.6 Å². The van der Waals surface area contributed by atoms with E-state index in [-0.39, 0.29) is 24.4 Å². The second kappa shape index (κ2) is 9.60. The third-order valence-corrected chi connectivity index (χ3v) is 8.45. The van der Waals surface area contributed by atoms with E-state index in [1.54, 1.807) is 18.3 Å². The molecule has 1 aliphatic carbocycles. The maximum Gasteiger partial charge on any atom is 0.406 e. The molecule has 6 rings (SSSR count). The van der Waals surface area contributed by atoms with Crippen molar-refractivity contribution in [2.75, 3.05) is 11.9 Å². The second-order valence-electron chi connectivity index (χ2n) is 10.9. The Hall–Kier alpha value is -4.36. The number of amides is 3. The average molecular weight is 592 g/mol. The quantitative estimate of drug-likeness (QED) is 0.316. The zero-order valence-electron chi connectivity index (χ0n) is 21.9. The first-order chi connectivity index (χ1) is 19.8. The van der Waals surface area contributed by atoms with E-state index in [1.807, 2.05) is 0 Å². The first-order valence-corrected chi connectivity index (χ1v) is 13.1. The van der Waals surface area contributed by atoms with E-state index in [4.69, 9.17) is 0 Å². The van der Waals surface area contributed by atoms with Crippen molar-refractivity contribution in [2.45, 2.75) is 55.8 Å². The minimum absolute atomic E-state index is 0.00637. The molecule has 3 N–H and O–H groups in total. The van der Waals surface area contributed by atoms with Gasteiger partial charge in [0.25, 0.3) is 5.91 Å². The number of anilines is 1. The van der Waals surface area contributed by atoms with E-state index in [9.17, 15) is 40.7 Å². The highest BCUT2D eigenvalue weighted by molar-refractivity contribution is 6.06. The van der Waals surface area contributed by atoms with Crippen LogP contribution in [0.5, 0.6) is 0 Å². The standard InChI is InChI=1S/C28H23F6N5O3/c1-12-14(21-16(29)4-5-17(30)22(21)31)8-19(25(41)39(12)11-28(32,33)34)37-24(40)18-7-13-9-27(10-20(13)36-18)15-3-2-6-35-23(15)38-26(27)42/h2-7,12,14,19,36H,8-11H2,1H3,(H,37,40)(H,35,38,42)/t12-,14-,19+,27?/m1/s1. The van der Waals surface area contributed by atoms with Crippen molar-refractivity contribution in [3.05, 3.63) is 82.1 Å². The lowest BCUT2D eigenvalue weighted by Gasteiger charge is -2.43. The Bertz CT molecular complexity index is 1610. The Morgan fingerprint density at radius 2 is 1.88 bits per heavy atom. The molecule has 2 aliphatic heterocycles. The Kier molecular flexibility index (Phi) is 6.35. The van der Waals surface area contributed by atoms with Gasteiger partial charge < -0.3 is 20.5 Å². The van der Waals surface area contributed by atoms with Gasteiger partial charge in [0, 0.05) is 41.4 Å². The maximum atomic E-state index is 14.7. The minimum atomic E-state index is -4.85. The largest absolute Gasteiger partial charge is 0.406 e. The molecule has 3 amide bonds. The summed E-state index contributed by atoms with van der Waals surface area (Å²) < 4.78 is 83.6. The van der Waals surface area contributed by atoms with Gasteiger partial charge in [0.05, 0.1) is 5.41 Å². The van der Waals surface area contributed by atoms with Gasteiger partial charge in [-0.2, -0.15) is 13.2 Å². The molecule has 1 spiro atoms. The molecule has 4 heterocycles. The highest BCUT2D eigenvalue weighted by Crippen LogP contribution is 2.46. The number of alkyl halides is 3. The zero-order valence-corrected chi connectivity index (χ0v) is 21.9. The number of carbonyl (C=O) groups is 3. The van der Waals surface area contributed by atoms with E-state index < -0.39 is 77.4 Å². The van der Waals surface area contributed by atoms with Crippen LogP contribution in [0.4, 0.5) is 32.2 Å². The molecule has 3 aromatic rings. The highest BCUT2D eigenvalue weighted by atomic mass is 19.4. The molecular formula is C28H23F6N5O3. The maximum absolute atomic E-state index is 14.7. The molecule has 1 aromatic carbocycles. The summed E-state index contributed by atoms with van der Waals surface area (Å²) in [5, 5.41) is 5.15. The van der Waals surface area contributed by atoms with E-state index in [0.717, 1.165) is 5.56 Å². The smallest absolute Gasteiger partial charge is 0.354 e. The fraction of sp³-hybridized carbons (Fsp3) is 0.357. The summed E-state index contributed by atoms with van der Waals surface area (Å²) >= 11 is 0. The molecule has 4 atom stereocenters. The zero-order chi connectivity index (χ0) is 30.1. The fourth-order valence-electron chi connectivity index (χ4n) is 6.44. The van der Waals surface area contributed by atoms with Crippen molar-refractivity contribution in [1.82, 2.24) is 20.2 Å². The van der Waals surface area contributed by atoms with Crippen LogP contribution in [0.2, 0.25) is 0 Å². The third-order valence-electron chi connectivity index (χ3n) is 8.45. The van der Waals surface area contributed by atoms with Gasteiger partial charge in [-0.1, -0.05) is 6.07 Å². The van der Waals surface area contributed by atoms with Gasteiger partial charge in [-0.15, -0.1) is 0 Å². The SMILES string of the molecule is C[C@@H]1[C@H](c2c(F)ccc(F)c2F)C[C@H](NC(=O)c2cc3c([nH]2)CC2(C3)C(=O)Nc3ncccc32)C(=O)N1CC(F)(F)F. The van der Waals surface area contributed by atoms with Gasteiger partial charge >= 0.3 is 6.18 Å². The van der Waals surface area contributed by atoms with Crippen LogP contribution in [0.15, 0.2) is 36.5 Å². The predicted octanol–water partition coefficient (Wildman–Crippen LogP) is 3.88. The van der Waals surface area contributed by atoms with Crippen LogP contribution in [0.3, 0.4) is 0 Å². The van der Waals surface area contributed by atoms with Crippen molar-refractivity contribution in [3.63, 3.8) is 0 Å². The Balaban J connectivity index is 1.26. The lowest BCUT2D eigenvalue weighted by molar-refractivity contribution is -0.170. The minimum Gasteiger partial charge on any atom is -0.354 e. The van der Waals surface area contributed by atoms with Crippen molar-refractivity contribution in [3.8, 4) is 0 Å². The number of likely N-dealkylation sites (tertiary alicyclic amines) is 1. The summed E-state index contributed by atoms with van der Waals surface area (Å²) in [4.78, 5) is 46.8. The number of H-pyrrole nitrogens is 1. The van der Waals surface area contributed by atoms with Gasteiger partial charge in [-0.25, -0.2) is 18.2 Å².